The lowest BCUT2D eigenvalue weighted by Crippen LogP contribution is -2.19. The van der Waals surface area contributed by atoms with E-state index in [9.17, 15) is 0 Å². The van der Waals surface area contributed by atoms with Gasteiger partial charge in [-0.3, -0.25) is 5.01 Å². The molecule has 0 saturated heterocycles. The summed E-state index contributed by atoms with van der Waals surface area (Å²) in [7, 11) is 0. The Hall–Kier alpha value is -1.84. The van der Waals surface area contributed by atoms with Crippen LogP contribution < -0.4 is 10.7 Å². The van der Waals surface area contributed by atoms with Gasteiger partial charge in [0.05, 0.1) is 17.4 Å². The van der Waals surface area contributed by atoms with Crippen molar-refractivity contribution in [3.8, 4) is 0 Å². The Morgan fingerprint density at radius 2 is 1.90 bits per heavy atom. The molecule has 0 amide bonds. The fourth-order valence-electron chi connectivity index (χ4n) is 2.73. The van der Waals surface area contributed by atoms with Gasteiger partial charge in [-0.1, -0.05) is 48.0 Å². The molecule has 2 aromatic rings. The van der Waals surface area contributed by atoms with Crippen LogP contribution >= 0.6 is 11.6 Å². The van der Waals surface area contributed by atoms with Crippen molar-refractivity contribution in [2.75, 3.05) is 11.6 Å². The molecule has 3 rings (SSSR count). The number of para-hydroxylation sites is 1. The number of halogens is 1. The lowest BCUT2D eigenvalue weighted by molar-refractivity contribution is 0.706. The predicted molar refractivity (Wildman–Crippen MR) is 89.0 cm³/mol. The maximum Gasteiger partial charge on any atom is 0.0843 e. The Morgan fingerprint density at radius 1 is 1.19 bits per heavy atom. The van der Waals surface area contributed by atoms with Crippen molar-refractivity contribution in [3.05, 3.63) is 64.7 Å². The summed E-state index contributed by atoms with van der Waals surface area (Å²) in [4.78, 5) is 0. The van der Waals surface area contributed by atoms with E-state index >= 15 is 0 Å². The molecule has 1 aliphatic rings. The number of hydrogen-bond donors (Lipinski definition) is 1. The number of nitrogens with zero attached hydrogens (tertiary/aromatic N) is 2. The smallest absolute Gasteiger partial charge is 0.0843 e. The van der Waals surface area contributed by atoms with Crippen molar-refractivity contribution in [2.24, 2.45) is 10.8 Å². The van der Waals surface area contributed by atoms with Gasteiger partial charge in [0.15, 0.2) is 0 Å². The Balaban J connectivity index is 2.05. The third-order valence-corrected chi connectivity index (χ3v) is 4.18. The summed E-state index contributed by atoms with van der Waals surface area (Å²) in [6.07, 6.45) is 0.814. The highest BCUT2D eigenvalue weighted by atomic mass is 35.5. The van der Waals surface area contributed by atoms with Gasteiger partial charge in [-0.25, -0.2) is 0 Å². The minimum atomic E-state index is 0.110. The second-order valence-corrected chi connectivity index (χ2v) is 5.65. The minimum Gasteiger partial charge on any atom is -0.325 e. The van der Waals surface area contributed by atoms with E-state index in [-0.39, 0.29) is 6.04 Å². The van der Waals surface area contributed by atoms with Crippen LogP contribution in [0.3, 0.4) is 0 Å². The average Bonchev–Trinajstić information content (AvgIpc) is 2.92. The van der Waals surface area contributed by atoms with Crippen molar-refractivity contribution in [3.63, 3.8) is 0 Å². The molecule has 0 radical (unpaired) electrons. The van der Waals surface area contributed by atoms with Crippen LogP contribution in [0.2, 0.25) is 5.02 Å². The number of aryl methyl sites for hydroxylation is 1. The zero-order valence-corrected chi connectivity index (χ0v) is 12.7. The van der Waals surface area contributed by atoms with Gasteiger partial charge in [0.1, 0.15) is 0 Å². The standard InChI is InChI=1S/C17H18ClN3/c1-12-6-2-5-9-16(12)21-17(10-13(11-19)20-21)14-7-3-4-8-15(14)18/h2-9,17H,10-11,19H2,1H3. The Kier molecular flexibility index (Phi) is 3.95. The molecule has 1 unspecified atom stereocenters. The second-order valence-electron chi connectivity index (χ2n) is 5.24. The molecule has 108 valence electrons. The predicted octanol–water partition coefficient (Wildman–Crippen LogP) is 3.91. The van der Waals surface area contributed by atoms with E-state index in [1.54, 1.807) is 0 Å². The first-order valence-corrected chi connectivity index (χ1v) is 7.44. The molecule has 1 atom stereocenters. The Bertz CT molecular complexity index is 681. The number of hydrazone groups is 1. The number of anilines is 1. The Labute approximate surface area is 130 Å². The maximum absolute atomic E-state index is 6.38. The van der Waals surface area contributed by atoms with Crippen LogP contribution in [0.25, 0.3) is 0 Å². The van der Waals surface area contributed by atoms with E-state index in [4.69, 9.17) is 22.4 Å². The average molecular weight is 300 g/mol. The maximum atomic E-state index is 6.38. The van der Waals surface area contributed by atoms with E-state index in [2.05, 4.69) is 30.1 Å². The summed E-state index contributed by atoms with van der Waals surface area (Å²) < 4.78 is 0. The first-order chi connectivity index (χ1) is 10.2. The quantitative estimate of drug-likeness (QED) is 0.933. The van der Waals surface area contributed by atoms with Crippen LogP contribution in [0.4, 0.5) is 5.69 Å². The van der Waals surface area contributed by atoms with Crippen molar-refractivity contribution in [2.45, 2.75) is 19.4 Å². The molecular formula is C17H18ClN3. The molecule has 21 heavy (non-hydrogen) atoms. The molecule has 3 nitrogen and oxygen atoms in total. The van der Waals surface area contributed by atoms with Crippen LogP contribution in [0.1, 0.15) is 23.6 Å². The van der Waals surface area contributed by atoms with Gasteiger partial charge in [-0.2, -0.15) is 5.10 Å². The molecule has 1 aliphatic heterocycles. The molecule has 0 saturated carbocycles. The highest BCUT2D eigenvalue weighted by Gasteiger charge is 2.30. The van der Waals surface area contributed by atoms with Gasteiger partial charge in [0.25, 0.3) is 0 Å². The topological polar surface area (TPSA) is 41.6 Å². The highest BCUT2D eigenvalue weighted by Crippen LogP contribution is 2.38. The summed E-state index contributed by atoms with van der Waals surface area (Å²) in [5.41, 5.74) is 10.2. The van der Waals surface area contributed by atoms with E-state index < -0.39 is 0 Å². The molecule has 0 bridgehead atoms. The SMILES string of the molecule is Cc1ccccc1N1N=C(CN)CC1c1ccccc1Cl. The summed E-state index contributed by atoms with van der Waals surface area (Å²) in [6.45, 7) is 2.57. The molecule has 0 aliphatic carbocycles. The molecule has 1 heterocycles. The molecule has 2 N–H and O–H groups in total. The minimum absolute atomic E-state index is 0.110. The van der Waals surface area contributed by atoms with E-state index in [0.29, 0.717) is 6.54 Å². The van der Waals surface area contributed by atoms with Gasteiger partial charge < -0.3 is 5.73 Å². The van der Waals surface area contributed by atoms with Crippen molar-refractivity contribution >= 4 is 23.0 Å². The second kappa shape index (κ2) is 5.88. The van der Waals surface area contributed by atoms with Gasteiger partial charge >= 0.3 is 0 Å². The van der Waals surface area contributed by atoms with Gasteiger partial charge in [-0.05, 0) is 30.2 Å². The lowest BCUT2D eigenvalue weighted by Gasteiger charge is -2.26. The number of benzene rings is 2. The number of rotatable bonds is 3. The van der Waals surface area contributed by atoms with Crippen LogP contribution in [-0.4, -0.2) is 12.3 Å². The van der Waals surface area contributed by atoms with E-state index in [1.165, 1.54) is 5.56 Å². The summed E-state index contributed by atoms with van der Waals surface area (Å²) >= 11 is 6.38. The molecule has 0 fully saturated rings. The molecule has 2 aromatic carbocycles. The summed E-state index contributed by atoms with van der Waals surface area (Å²) in [5, 5.41) is 7.53. The Morgan fingerprint density at radius 3 is 2.62 bits per heavy atom. The van der Waals surface area contributed by atoms with Gasteiger partial charge in [0.2, 0.25) is 0 Å². The zero-order chi connectivity index (χ0) is 14.8. The van der Waals surface area contributed by atoms with Crippen molar-refractivity contribution in [1.29, 1.82) is 0 Å². The number of nitrogens with two attached hydrogens (primary N) is 1. The fourth-order valence-corrected chi connectivity index (χ4v) is 2.99. The van der Waals surface area contributed by atoms with E-state index in [0.717, 1.165) is 28.4 Å². The van der Waals surface area contributed by atoms with Gasteiger partial charge in [-0.15, -0.1) is 0 Å². The molecule has 4 heteroatoms. The first kappa shape index (κ1) is 14.1. The molecule has 0 aromatic heterocycles. The monoisotopic (exact) mass is 299 g/mol. The normalized spacial score (nSPS) is 18.0. The van der Waals surface area contributed by atoms with E-state index in [1.807, 2.05) is 30.3 Å². The molecule has 0 spiro atoms. The van der Waals surface area contributed by atoms with Crippen LogP contribution in [0.5, 0.6) is 0 Å². The number of hydrogen-bond acceptors (Lipinski definition) is 3. The fraction of sp³-hybridized carbons (Fsp3) is 0.235. The third-order valence-electron chi connectivity index (χ3n) is 3.84. The zero-order valence-electron chi connectivity index (χ0n) is 12.0. The van der Waals surface area contributed by atoms with Crippen LogP contribution in [0, 0.1) is 6.92 Å². The van der Waals surface area contributed by atoms with Crippen molar-refractivity contribution in [1.82, 2.24) is 0 Å². The highest BCUT2D eigenvalue weighted by molar-refractivity contribution is 6.31. The third kappa shape index (κ3) is 2.67. The van der Waals surface area contributed by atoms with Crippen molar-refractivity contribution < 1.29 is 0 Å². The first-order valence-electron chi connectivity index (χ1n) is 7.06. The largest absolute Gasteiger partial charge is 0.325 e. The lowest BCUT2D eigenvalue weighted by atomic mass is 10.0. The van der Waals surface area contributed by atoms with Gasteiger partial charge in [0, 0.05) is 18.0 Å². The van der Waals surface area contributed by atoms with Crippen LogP contribution in [0.15, 0.2) is 53.6 Å². The summed E-state index contributed by atoms with van der Waals surface area (Å²) in [6, 6.07) is 16.3. The molecular weight excluding hydrogens is 282 g/mol. The van der Waals surface area contributed by atoms with Crippen LogP contribution in [-0.2, 0) is 0 Å². The summed E-state index contributed by atoms with van der Waals surface area (Å²) in [5.74, 6) is 0.